The number of nitrogens with one attached hydrogen (secondary N) is 2. The molecule has 1 heterocycles. The molecule has 1 aliphatic rings. The third-order valence-electron chi connectivity index (χ3n) is 3.32. The zero-order chi connectivity index (χ0) is 10.3. The molecule has 0 aromatic carbocycles. The molecule has 0 saturated carbocycles. The van der Waals surface area contributed by atoms with E-state index in [-0.39, 0.29) is 5.54 Å². The van der Waals surface area contributed by atoms with Gasteiger partial charge >= 0.3 is 0 Å². The highest BCUT2D eigenvalue weighted by molar-refractivity contribution is 5.26. The predicted molar refractivity (Wildman–Crippen MR) is 57.4 cm³/mol. The number of aromatic nitrogens is 2. The van der Waals surface area contributed by atoms with E-state index in [2.05, 4.69) is 31.1 Å². The van der Waals surface area contributed by atoms with Gasteiger partial charge in [0.1, 0.15) is 5.82 Å². The molecule has 1 unspecified atom stereocenters. The Kier molecular flexibility index (Phi) is 2.14. The summed E-state index contributed by atoms with van der Waals surface area (Å²) in [7, 11) is 1.97. The van der Waals surface area contributed by atoms with Gasteiger partial charge in [0, 0.05) is 11.6 Å². The molecule has 0 aliphatic heterocycles. The number of fused-ring (bicyclic) bond motifs is 1. The molecule has 0 spiro atoms. The molecule has 3 nitrogen and oxygen atoms in total. The van der Waals surface area contributed by atoms with Crippen molar-refractivity contribution in [3.63, 3.8) is 0 Å². The molecular weight excluding hydrogens is 174 g/mol. The second kappa shape index (κ2) is 3.09. The Morgan fingerprint density at radius 2 is 2.21 bits per heavy atom. The minimum Gasteiger partial charge on any atom is -0.344 e. The minimum absolute atomic E-state index is 0.0515. The van der Waals surface area contributed by atoms with Gasteiger partial charge in [0.2, 0.25) is 0 Å². The molecule has 1 aromatic heterocycles. The van der Waals surface area contributed by atoms with E-state index in [0.29, 0.717) is 5.92 Å². The molecule has 3 heteroatoms. The molecule has 2 N–H and O–H groups in total. The smallest absolute Gasteiger partial charge is 0.126 e. The topological polar surface area (TPSA) is 40.7 Å². The van der Waals surface area contributed by atoms with Crippen molar-refractivity contribution in [2.75, 3.05) is 7.05 Å². The van der Waals surface area contributed by atoms with Crippen molar-refractivity contribution in [3.05, 3.63) is 17.2 Å². The summed E-state index contributed by atoms with van der Waals surface area (Å²) in [6.07, 6.45) is 2.40. The van der Waals surface area contributed by atoms with Gasteiger partial charge in [-0.15, -0.1) is 0 Å². The normalized spacial score (nSPS) is 21.3. The third kappa shape index (κ3) is 1.36. The van der Waals surface area contributed by atoms with Crippen LogP contribution in [0.3, 0.4) is 0 Å². The van der Waals surface area contributed by atoms with E-state index < -0.39 is 0 Å². The summed E-state index contributed by atoms with van der Waals surface area (Å²) >= 11 is 0. The number of hydrogen-bond donors (Lipinski definition) is 2. The molecule has 0 bridgehead atoms. The monoisotopic (exact) mass is 193 g/mol. The minimum atomic E-state index is -0.0515. The van der Waals surface area contributed by atoms with Gasteiger partial charge in [0.15, 0.2) is 0 Å². The highest BCUT2D eigenvalue weighted by Crippen LogP contribution is 2.32. The standard InChI is InChI=1S/C11H19N3/c1-7-5-6-8-9(7)14-10(13-8)11(2,3)12-4/h7,12H,5-6H2,1-4H3,(H,13,14). The van der Waals surface area contributed by atoms with Crippen LogP contribution in [0.5, 0.6) is 0 Å². The zero-order valence-corrected chi connectivity index (χ0v) is 9.44. The van der Waals surface area contributed by atoms with Crippen molar-refractivity contribution < 1.29 is 0 Å². The fourth-order valence-electron chi connectivity index (χ4n) is 1.93. The molecule has 0 fully saturated rings. The molecule has 0 radical (unpaired) electrons. The van der Waals surface area contributed by atoms with Crippen LogP contribution in [-0.4, -0.2) is 17.0 Å². The van der Waals surface area contributed by atoms with Crippen LogP contribution in [0.4, 0.5) is 0 Å². The summed E-state index contributed by atoms with van der Waals surface area (Å²) in [5.41, 5.74) is 2.57. The Morgan fingerprint density at radius 1 is 1.50 bits per heavy atom. The molecule has 1 aliphatic carbocycles. The number of nitrogens with zero attached hydrogens (tertiary/aromatic N) is 1. The number of H-pyrrole nitrogens is 1. The molecular formula is C11H19N3. The Hall–Kier alpha value is -0.830. The first-order valence-corrected chi connectivity index (χ1v) is 5.33. The number of rotatable bonds is 2. The Labute approximate surface area is 85.3 Å². The first kappa shape index (κ1) is 9.71. The van der Waals surface area contributed by atoms with Crippen molar-refractivity contribution in [1.29, 1.82) is 0 Å². The lowest BCUT2D eigenvalue weighted by molar-refractivity contribution is 0.418. The van der Waals surface area contributed by atoms with Crippen LogP contribution in [0, 0.1) is 0 Å². The van der Waals surface area contributed by atoms with Gasteiger partial charge in [0.25, 0.3) is 0 Å². The Morgan fingerprint density at radius 3 is 2.79 bits per heavy atom. The highest BCUT2D eigenvalue weighted by Gasteiger charge is 2.28. The molecule has 2 rings (SSSR count). The molecule has 14 heavy (non-hydrogen) atoms. The van der Waals surface area contributed by atoms with Gasteiger partial charge in [-0.3, -0.25) is 0 Å². The van der Waals surface area contributed by atoms with E-state index in [0.717, 1.165) is 12.2 Å². The van der Waals surface area contributed by atoms with Crippen molar-refractivity contribution in [2.24, 2.45) is 0 Å². The summed E-state index contributed by atoms with van der Waals surface area (Å²) in [6.45, 7) is 6.54. The van der Waals surface area contributed by atoms with Crippen LogP contribution in [0.25, 0.3) is 0 Å². The van der Waals surface area contributed by atoms with E-state index in [1.54, 1.807) is 0 Å². The fourth-order valence-corrected chi connectivity index (χ4v) is 1.93. The molecule has 0 saturated heterocycles. The van der Waals surface area contributed by atoms with Gasteiger partial charge in [-0.2, -0.15) is 0 Å². The number of aromatic amines is 1. The van der Waals surface area contributed by atoms with E-state index in [1.807, 2.05) is 7.05 Å². The summed E-state index contributed by atoms with van der Waals surface area (Å²) in [6, 6.07) is 0. The second-order valence-electron chi connectivity index (χ2n) is 4.76. The fraction of sp³-hybridized carbons (Fsp3) is 0.727. The maximum absolute atomic E-state index is 4.70. The van der Waals surface area contributed by atoms with Crippen molar-refractivity contribution in [1.82, 2.24) is 15.3 Å². The van der Waals surface area contributed by atoms with Crippen molar-refractivity contribution >= 4 is 0 Å². The molecule has 0 amide bonds. The average molecular weight is 193 g/mol. The largest absolute Gasteiger partial charge is 0.344 e. The Bertz CT molecular complexity index is 338. The summed E-state index contributed by atoms with van der Waals surface area (Å²) in [4.78, 5) is 8.14. The van der Waals surface area contributed by atoms with Crippen LogP contribution >= 0.6 is 0 Å². The molecule has 78 valence electrons. The van der Waals surface area contributed by atoms with Gasteiger partial charge in [-0.05, 0) is 33.7 Å². The van der Waals surface area contributed by atoms with E-state index in [9.17, 15) is 0 Å². The first-order chi connectivity index (χ1) is 6.54. The van der Waals surface area contributed by atoms with Crippen LogP contribution in [-0.2, 0) is 12.0 Å². The molecule has 1 aromatic rings. The number of hydrogen-bond acceptors (Lipinski definition) is 2. The lowest BCUT2D eigenvalue weighted by Gasteiger charge is -2.21. The lowest BCUT2D eigenvalue weighted by Crippen LogP contribution is -2.34. The second-order valence-corrected chi connectivity index (χ2v) is 4.76. The number of imidazole rings is 1. The van der Waals surface area contributed by atoms with E-state index >= 15 is 0 Å². The summed E-state index contributed by atoms with van der Waals surface area (Å²) in [5, 5.41) is 3.27. The van der Waals surface area contributed by atoms with Gasteiger partial charge in [-0.1, -0.05) is 6.92 Å². The van der Waals surface area contributed by atoms with E-state index in [4.69, 9.17) is 4.98 Å². The van der Waals surface area contributed by atoms with E-state index in [1.165, 1.54) is 17.8 Å². The highest BCUT2D eigenvalue weighted by atomic mass is 15.1. The maximum atomic E-state index is 4.70. The quantitative estimate of drug-likeness (QED) is 0.753. The van der Waals surface area contributed by atoms with Crippen LogP contribution in [0.1, 0.15) is 50.3 Å². The van der Waals surface area contributed by atoms with Crippen LogP contribution in [0.2, 0.25) is 0 Å². The Balaban J connectivity index is 2.36. The SMILES string of the molecule is CNC(C)(C)c1nc2c([nH]1)CCC2C. The first-order valence-electron chi connectivity index (χ1n) is 5.33. The third-order valence-corrected chi connectivity index (χ3v) is 3.32. The zero-order valence-electron chi connectivity index (χ0n) is 9.44. The van der Waals surface area contributed by atoms with Gasteiger partial charge < -0.3 is 10.3 Å². The number of aryl methyl sites for hydroxylation is 1. The van der Waals surface area contributed by atoms with Crippen LogP contribution < -0.4 is 5.32 Å². The van der Waals surface area contributed by atoms with Gasteiger partial charge in [0.05, 0.1) is 11.2 Å². The van der Waals surface area contributed by atoms with Crippen LogP contribution in [0.15, 0.2) is 0 Å². The predicted octanol–water partition coefficient (Wildman–Crippen LogP) is 1.91. The van der Waals surface area contributed by atoms with Crippen molar-refractivity contribution in [2.45, 2.75) is 45.1 Å². The summed E-state index contributed by atoms with van der Waals surface area (Å²) in [5.74, 6) is 1.69. The van der Waals surface area contributed by atoms with Gasteiger partial charge in [-0.25, -0.2) is 4.98 Å². The lowest BCUT2D eigenvalue weighted by atomic mass is 10.1. The summed E-state index contributed by atoms with van der Waals surface area (Å²) < 4.78 is 0. The average Bonchev–Trinajstić information content (AvgIpc) is 2.69. The maximum Gasteiger partial charge on any atom is 0.126 e. The molecule has 1 atom stereocenters. The van der Waals surface area contributed by atoms with Crippen molar-refractivity contribution in [3.8, 4) is 0 Å².